The number of hydrogen-bond acceptors (Lipinski definition) is 1. The van der Waals surface area contributed by atoms with Crippen LogP contribution in [0.1, 0.15) is 65.7 Å². The first-order valence-corrected chi connectivity index (χ1v) is 8.77. The van der Waals surface area contributed by atoms with Gasteiger partial charge in [-0.1, -0.05) is 56.0 Å². The highest BCUT2D eigenvalue weighted by Crippen LogP contribution is 2.39. The predicted molar refractivity (Wildman–Crippen MR) is 81.0 cm³/mol. The molecule has 0 N–H and O–H groups in total. The number of carbonyl (C=O) groups is 1. The van der Waals surface area contributed by atoms with Gasteiger partial charge in [-0.3, -0.25) is 4.79 Å². The molecule has 1 saturated carbocycles. The van der Waals surface area contributed by atoms with Gasteiger partial charge in [0.15, 0.2) is 0 Å². The van der Waals surface area contributed by atoms with Crippen LogP contribution in [0.5, 0.6) is 0 Å². The van der Waals surface area contributed by atoms with Crippen molar-refractivity contribution in [2.24, 2.45) is 5.92 Å². The average molecular weight is 318 g/mol. The molecule has 18 heavy (non-hydrogen) atoms. The molecule has 106 valence electrons. The summed E-state index contributed by atoms with van der Waals surface area (Å²) in [5, 5.41) is 0.493. The molecular formula is C15H28BrNO. The average Bonchev–Trinajstić information content (AvgIpc) is 2.62. The van der Waals surface area contributed by atoms with Crippen LogP contribution < -0.4 is 0 Å². The highest BCUT2D eigenvalue weighted by Gasteiger charge is 2.42. The standard InChI is InChI=1S/C13H22BrNO.C2H6/c1-2-11-8-10-6-4-3-5-7-12(10)15(11)13(16)9-14;1-2/h10-12H,2-9H2,1H3;1-2H3/t10-,11-,12+;/m0./s1. The molecule has 1 heterocycles. The number of alkyl halides is 1. The van der Waals surface area contributed by atoms with Gasteiger partial charge in [0, 0.05) is 12.1 Å². The zero-order chi connectivity index (χ0) is 13.5. The molecule has 0 aromatic rings. The quantitative estimate of drug-likeness (QED) is 0.693. The summed E-state index contributed by atoms with van der Waals surface area (Å²) in [7, 11) is 0. The van der Waals surface area contributed by atoms with Gasteiger partial charge in [-0.05, 0) is 31.6 Å². The van der Waals surface area contributed by atoms with E-state index >= 15 is 0 Å². The third kappa shape index (κ3) is 3.49. The van der Waals surface area contributed by atoms with Crippen LogP contribution in [-0.2, 0) is 4.79 Å². The zero-order valence-corrected chi connectivity index (χ0v) is 13.7. The molecule has 0 aromatic carbocycles. The summed E-state index contributed by atoms with van der Waals surface area (Å²) >= 11 is 3.33. The zero-order valence-electron chi connectivity index (χ0n) is 12.1. The number of fused-ring (bicyclic) bond motifs is 1. The minimum Gasteiger partial charge on any atom is -0.336 e. The number of amides is 1. The van der Waals surface area contributed by atoms with Gasteiger partial charge in [0.25, 0.3) is 0 Å². The van der Waals surface area contributed by atoms with Crippen molar-refractivity contribution in [1.29, 1.82) is 0 Å². The molecular weight excluding hydrogens is 290 g/mol. The molecule has 3 atom stereocenters. The van der Waals surface area contributed by atoms with Gasteiger partial charge >= 0.3 is 0 Å². The van der Waals surface area contributed by atoms with Gasteiger partial charge in [0.05, 0.1) is 5.33 Å². The maximum absolute atomic E-state index is 12.0. The highest BCUT2D eigenvalue weighted by atomic mass is 79.9. The highest BCUT2D eigenvalue weighted by molar-refractivity contribution is 9.09. The summed E-state index contributed by atoms with van der Waals surface area (Å²) in [4.78, 5) is 14.2. The van der Waals surface area contributed by atoms with Gasteiger partial charge < -0.3 is 4.90 Å². The van der Waals surface area contributed by atoms with Crippen LogP contribution in [-0.4, -0.2) is 28.2 Å². The summed E-state index contributed by atoms with van der Waals surface area (Å²) < 4.78 is 0. The molecule has 1 amide bonds. The smallest absolute Gasteiger partial charge is 0.233 e. The molecule has 0 aromatic heterocycles. The third-order valence-electron chi connectivity index (χ3n) is 4.32. The molecule has 1 aliphatic heterocycles. The maximum Gasteiger partial charge on any atom is 0.233 e. The Morgan fingerprint density at radius 2 is 1.89 bits per heavy atom. The van der Waals surface area contributed by atoms with Gasteiger partial charge in [-0.25, -0.2) is 0 Å². The van der Waals surface area contributed by atoms with Crippen molar-refractivity contribution in [2.45, 2.75) is 77.8 Å². The van der Waals surface area contributed by atoms with E-state index in [1.165, 1.54) is 38.5 Å². The van der Waals surface area contributed by atoms with Crippen LogP contribution >= 0.6 is 15.9 Å². The lowest BCUT2D eigenvalue weighted by Crippen LogP contribution is -2.42. The molecule has 1 aliphatic carbocycles. The predicted octanol–water partition coefficient (Wildman–Crippen LogP) is 4.37. The Balaban J connectivity index is 0.000000771. The van der Waals surface area contributed by atoms with Crippen LogP contribution in [0.2, 0.25) is 0 Å². The topological polar surface area (TPSA) is 20.3 Å². The van der Waals surface area contributed by atoms with E-state index in [-0.39, 0.29) is 0 Å². The fourth-order valence-electron chi connectivity index (χ4n) is 3.56. The second-order valence-corrected chi connectivity index (χ2v) is 5.76. The Kier molecular flexibility index (Phi) is 7.28. The lowest BCUT2D eigenvalue weighted by Gasteiger charge is -2.30. The minimum atomic E-state index is 0.307. The maximum atomic E-state index is 12.0. The van der Waals surface area contributed by atoms with E-state index in [1.54, 1.807) is 0 Å². The van der Waals surface area contributed by atoms with Gasteiger partial charge in [-0.15, -0.1) is 0 Å². The van der Waals surface area contributed by atoms with Crippen molar-refractivity contribution < 1.29 is 4.79 Å². The van der Waals surface area contributed by atoms with Crippen LogP contribution in [0.15, 0.2) is 0 Å². The van der Waals surface area contributed by atoms with E-state index in [1.807, 2.05) is 13.8 Å². The lowest BCUT2D eigenvalue weighted by molar-refractivity contribution is -0.131. The van der Waals surface area contributed by atoms with Crippen LogP contribution in [0.4, 0.5) is 0 Å². The number of rotatable bonds is 2. The van der Waals surface area contributed by atoms with Gasteiger partial charge in [0.1, 0.15) is 0 Å². The molecule has 2 aliphatic rings. The van der Waals surface area contributed by atoms with Crippen molar-refractivity contribution in [2.75, 3.05) is 5.33 Å². The van der Waals surface area contributed by atoms with Crippen molar-refractivity contribution in [3.05, 3.63) is 0 Å². The van der Waals surface area contributed by atoms with E-state index in [0.717, 1.165) is 12.3 Å². The summed E-state index contributed by atoms with van der Waals surface area (Å²) in [6.07, 6.45) is 8.98. The number of halogens is 1. The van der Waals surface area contributed by atoms with Crippen molar-refractivity contribution in [3.8, 4) is 0 Å². The molecule has 2 rings (SSSR count). The van der Waals surface area contributed by atoms with E-state index in [0.29, 0.717) is 23.3 Å². The lowest BCUT2D eigenvalue weighted by atomic mass is 9.94. The Hall–Kier alpha value is -0.0500. The summed E-state index contributed by atoms with van der Waals surface area (Å²) in [6.45, 7) is 6.21. The summed E-state index contributed by atoms with van der Waals surface area (Å²) in [6, 6.07) is 1.07. The molecule has 0 radical (unpaired) electrons. The first kappa shape index (κ1) is 16.0. The van der Waals surface area contributed by atoms with Gasteiger partial charge in [-0.2, -0.15) is 0 Å². The summed E-state index contributed by atoms with van der Waals surface area (Å²) in [5.41, 5.74) is 0. The number of carbonyl (C=O) groups excluding carboxylic acids is 1. The monoisotopic (exact) mass is 317 g/mol. The van der Waals surface area contributed by atoms with E-state index in [9.17, 15) is 4.79 Å². The first-order chi connectivity index (χ1) is 8.77. The molecule has 2 fully saturated rings. The molecule has 0 unspecified atom stereocenters. The third-order valence-corrected chi connectivity index (χ3v) is 4.80. The second kappa shape index (κ2) is 8.19. The van der Waals surface area contributed by atoms with Gasteiger partial charge in [0.2, 0.25) is 5.91 Å². The van der Waals surface area contributed by atoms with Crippen LogP contribution in [0, 0.1) is 5.92 Å². The molecule has 2 nitrogen and oxygen atoms in total. The van der Waals surface area contributed by atoms with Crippen molar-refractivity contribution in [1.82, 2.24) is 4.90 Å². The van der Waals surface area contributed by atoms with Crippen molar-refractivity contribution in [3.63, 3.8) is 0 Å². The number of hydrogen-bond donors (Lipinski definition) is 0. The van der Waals surface area contributed by atoms with Crippen molar-refractivity contribution >= 4 is 21.8 Å². The molecule has 1 saturated heterocycles. The van der Waals surface area contributed by atoms with E-state index < -0.39 is 0 Å². The Morgan fingerprint density at radius 3 is 2.50 bits per heavy atom. The molecule has 3 heteroatoms. The molecule has 0 spiro atoms. The fourth-order valence-corrected chi connectivity index (χ4v) is 3.85. The van der Waals surface area contributed by atoms with Crippen LogP contribution in [0.25, 0.3) is 0 Å². The second-order valence-electron chi connectivity index (χ2n) is 5.20. The van der Waals surface area contributed by atoms with E-state index in [2.05, 4.69) is 27.8 Å². The minimum absolute atomic E-state index is 0.307. The SMILES string of the molecule is CC.CC[C@H]1C[C@@H]2CCCCC[C@H]2N1C(=O)CBr. The summed E-state index contributed by atoms with van der Waals surface area (Å²) in [5.74, 6) is 1.09. The van der Waals surface area contributed by atoms with Crippen LogP contribution in [0.3, 0.4) is 0 Å². The number of likely N-dealkylation sites (tertiary alicyclic amines) is 1. The fraction of sp³-hybridized carbons (Fsp3) is 0.933. The number of nitrogens with zero attached hydrogens (tertiary/aromatic N) is 1. The Labute approximate surface area is 121 Å². The Bertz CT molecular complexity index is 257. The largest absolute Gasteiger partial charge is 0.336 e. The molecule has 0 bridgehead atoms. The van der Waals surface area contributed by atoms with E-state index in [4.69, 9.17) is 0 Å². The normalized spacial score (nSPS) is 31.1. The first-order valence-electron chi connectivity index (χ1n) is 7.65. The Morgan fingerprint density at radius 1 is 1.22 bits per heavy atom.